The number of anilines is 3. The van der Waals surface area contributed by atoms with E-state index in [9.17, 15) is 0 Å². The summed E-state index contributed by atoms with van der Waals surface area (Å²) in [4.78, 5) is 2.30. The minimum atomic E-state index is 1.13. The number of benzene rings is 7. The second-order valence-electron chi connectivity index (χ2n) is 11.3. The molecule has 0 aliphatic carbocycles. The molecule has 0 spiro atoms. The van der Waals surface area contributed by atoms with Gasteiger partial charge in [-0.25, -0.2) is 0 Å². The molecule has 0 fully saturated rings. The number of thiophene rings is 2. The van der Waals surface area contributed by atoms with E-state index in [1.165, 1.54) is 62.6 Å². The van der Waals surface area contributed by atoms with Gasteiger partial charge in [0.25, 0.3) is 0 Å². The van der Waals surface area contributed by atoms with E-state index in [1.54, 1.807) is 0 Å². The summed E-state index contributed by atoms with van der Waals surface area (Å²) in [6, 6.07) is 59.3. The summed E-state index contributed by atoms with van der Waals surface area (Å²) in [5.74, 6) is 0. The largest absolute Gasteiger partial charge is 0.311 e. The summed E-state index contributed by atoms with van der Waals surface area (Å²) in [6.07, 6.45) is 0. The molecule has 0 unspecified atom stereocenters. The van der Waals surface area contributed by atoms with E-state index in [1.807, 2.05) is 22.7 Å². The Morgan fingerprint density at radius 2 is 0.978 bits per heavy atom. The van der Waals surface area contributed by atoms with Crippen LogP contribution in [0.25, 0.3) is 62.6 Å². The quantitative estimate of drug-likeness (QED) is 0.188. The maximum atomic E-state index is 2.34. The molecule has 0 aliphatic heterocycles. The number of fused-ring (bicyclic) bond motifs is 7. The van der Waals surface area contributed by atoms with Gasteiger partial charge in [-0.15, -0.1) is 22.7 Å². The Labute approximate surface area is 269 Å². The molecule has 0 radical (unpaired) electrons. The van der Waals surface area contributed by atoms with E-state index in [4.69, 9.17) is 0 Å². The molecule has 9 rings (SSSR count). The first-order chi connectivity index (χ1) is 22.3. The molecule has 2 heterocycles. The van der Waals surface area contributed by atoms with Gasteiger partial charge < -0.3 is 4.90 Å². The van der Waals surface area contributed by atoms with Gasteiger partial charge in [0.05, 0.1) is 0 Å². The van der Waals surface area contributed by atoms with Crippen LogP contribution in [-0.4, -0.2) is 0 Å². The van der Waals surface area contributed by atoms with Crippen molar-refractivity contribution in [1.29, 1.82) is 0 Å². The van der Waals surface area contributed by atoms with E-state index >= 15 is 0 Å². The van der Waals surface area contributed by atoms with Crippen molar-refractivity contribution in [3.63, 3.8) is 0 Å². The molecule has 0 amide bonds. The Kier molecular flexibility index (Phi) is 6.26. The minimum absolute atomic E-state index is 1.13. The highest BCUT2D eigenvalue weighted by Gasteiger charge is 2.16. The number of hydrogen-bond acceptors (Lipinski definition) is 3. The van der Waals surface area contributed by atoms with Crippen LogP contribution < -0.4 is 4.90 Å². The molecule has 2 aromatic heterocycles. The van der Waals surface area contributed by atoms with Crippen LogP contribution in [0.2, 0.25) is 0 Å². The fourth-order valence-corrected chi connectivity index (χ4v) is 9.14. The zero-order valence-corrected chi connectivity index (χ0v) is 26.0. The molecular weight excluding hydrogens is 583 g/mol. The summed E-state index contributed by atoms with van der Waals surface area (Å²) in [6.45, 7) is 0. The van der Waals surface area contributed by atoms with Crippen molar-refractivity contribution in [2.45, 2.75) is 0 Å². The van der Waals surface area contributed by atoms with Crippen LogP contribution in [0.1, 0.15) is 0 Å². The molecule has 3 heteroatoms. The van der Waals surface area contributed by atoms with Crippen molar-refractivity contribution in [2.75, 3.05) is 4.90 Å². The fourth-order valence-electron chi connectivity index (χ4n) is 6.56. The van der Waals surface area contributed by atoms with Crippen molar-refractivity contribution >= 4 is 80.1 Å². The topological polar surface area (TPSA) is 3.24 Å². The highest BCUT2D eigenvalue weighted by molar-refractivity contribution is 7.30. The lowest BCUT2D eigenvalue weighted by molar-refractivity contribution is 1.28. The van der Waals surface area contributed by atoms with E-state index in [2.05, 4.69) is 169 Å². The Morgan fingerprint density at radius 1 is 0.356 bits per heavy atom. The molecule has 9 aromatic rings. The predicted molar refractivity (Wildman–Crippen MR) is 198 cm³/mol. The van der Waals surface area contributed by atoms with Gasteiger partial charge in [-0.2, -0.15) is 0 Å². The zero-order chi connectivity index (χ0) is 29.7. The second-order valence-corrected chi connectivity index (χ2v) is 13.4. The summed E-state index contributed by atoms with van der Waals surface area (Å²) < 4.78 is 5.45. The zero-order valence-electron chi connectivity index (χ0n) is 24.4. The average Bonchev–Trinajstić information content (AvgIpc) is 3.68. The van der Waals surface area contributed by atoms with Gasteiger partial charge in [-0.05, 0) is 76.9 Å². The Morgan fingerprint density at radius 3 is 1.76 bits per heavy atom. The van der Waals surface area contributed by atoms with Gasteiger partial charge in [0.2, 0.25) is 0 Å². The van der Waals surface area contributed by atoms with E-state index in [-0.39, 0.29) is 0 Å². The van der Waals surface area contributed by atoms with Gasteiger partial charge >= 0.3 is 0 Å². The number of hydrogen-bond donors (Lipinski definition) is 0. The molecule has 212 valence electrons. The van der Waals surface area contributed by atoms with Crippen LogP contribution in [-0.2, 0) is 0 Å². The minimum Gasteiger partial charge on any atom is -0.311 e. The van der Waals surface area contributed by atoms with Crippen LogP contribution in [0.5, 0.6) is 0 Å². The molecular formula is C42H27NS2. The van der Waals surface area contributed by atoms with Crippen LogP contribution in [0.15, 0.2) is 164 Å². The summed E-state index contributed by atoms with van der Waals surface area (Å²) in [5, 5.41) is 5.45. The van der Waals surface area contributed by atoms with Crippen LogP contribution in [0.3, 0.4) is 0 Å². The van der Waals surface area contributed by atoms with Crippen molar-refractivity contribution in [3.8, 4) is 22.3 Å². The van der Waals surface area contributed by atoms with E-state index < -0.39 is 0 Å². The summed E-state index contributed by atoms with van der Waals surface area (Å²) >= 11 is 3.83. The van der Waals surface area contributed by atoms with Crippen LogP contribution >= 0.6 is 22.7 Å². The van der Waals surface area contributed by atoms with Gasteiger partial charge in [-0.3, -0.25) is 0 Å². The van der Waals surface area contributed by atoms with Gasteiger partial charge in [-0.1, -0.05) is 109 Å². The normalized spacial score (nSPS) is 11.6. The number of nitrogens with zero attached hydrogens (tertiary/aromatic N) is 1. The molecule has 0 saturated carbocycles. The molecule has 0 atom stereocenters. The third-order valence-electron chi connectivity index (χ3n) is 8.67. The third kappa shape index (κ3) is 4.43. The first-order valence-electron chi connectivity index (χ1n) is 15.2. The third-order valence-corrected chi connectivity index (χ3v) is 11.1. The molecule has 0 aliphatic rings. The summed E-state index contributed by atoms with van der Waals surface area (Å²) in [5.41, 5.74) is 8.38. The molecule has 7 aromatic carbocycles. The van der Waals surface area contributed by atoms with Crippen LogP contribution in [0, 0.1) is 0 Å². The highest BCUT2D eigenvalue weighted by atomic mass is 32.1. The summed E-state index contributed by atoms with van der Waals surface area (Å²) in [7, 11) is 0. The predicted octanol–water partition coefficient (Wildman–Crippen LogP) is 13.2. The Balaban J connectivity index is 1.12. The highest BCUT2D eigenvalue weighted by Crippen LogP contribution is 2.47. The van der Waals surface area contributed by atoms with Gasteiger partial charge in [0, 0.05) is 57.4 Å². The van der Waals surface area contributed by atoms with Crippen molar-refractivity contribution in [1.82, 2.24) is 0 Å². The monoisotopic (exact) mass is 609 g/mol. The van der Waals surface area contributed by atoms with Gasteiger partial charge in [0.15, 0.2) is 0 Å². The first kappa shape index (κ1) is 26.2. The maximum absolute atomic E-state index is 2.34. The van der Waals surface area contributed by atoms with Crippen LogP contribution in [0.4, 0.5) is 17.1 Å². The standard InChI is InChI=1S/C42H27NS2/c1-3-13-31(14-4-1)43(32-15-5-2-6-16-32)33-23-21-28(22-24-33)29-11-9-12-30(27-29)34-18-10-19-37-40-39(45-41(34)37)26-25-36-35-17-7-8-20-38(35)44-42(36)40/h1-27H. The lowest BCUT2D eigenvalue weighted by atomic mass is 9.97. The van der Waals surface area contributed by atoms with E-state index in [0.717, 1.165) is 17.1 Å². The van der Waals surface area contributed by atoms with Crippen molar-refractivity contribution in [3.05, 3.63) is 164 Å². The fraction of sp³-hybridized carbons (Fsp3) is 0. The molecule has 1 nitrogen and oxygen atoms in total. The lowest BCUT2D eigenvalue weighted by Gasteiger charge is -2.25. The SMILES string of the molecule is c1ccc(N(c2ccccc2)c2ccc(-c3cccc(-c4cccc5c4sc4ccc6c7ccccc7sc6c45)c3)cc2)cc1. The second kappa shape index (κ2) is 10.7. The Bertz CT molecular complexity index is 2430. The number of para-hydroxylation sites is 2. The smallest absolute Gasteiger partial charge is 0.0462 e. The molecule has 45 heavy (non-hydrogen) atoms. The first-order valence-corrected chi connectivity index (χ1v) is 16.8. The maximum Gasteiger partial charge on any atom is 0.0462 e. The number of rotatable bonds is 5. The van der Waals surface area contributed by atoms with E-state index in [0.29, 0.717) is 0 Å². The molecule has 0 bridgehead atoms. The molecule has 0 saturated heterocycles. The van der Waals surface area contributed by atoms with Gasteiger partial charge in [0.1, 0.15) is 0 Å². The van der Waals surface area contributed by atoms with Crippen molar-refractivity contribution < 1.29 is 0 Å². The Hall–Kier alpha value is -5.22. The lowest BCUT2D eigenvalue weighted by Crippen LogP contribution is -2.09. The average molecular weight is 610 g/mol. The molecule has 0 N–H and O–H groups in total. The van der Waals surface area contributed by atoms with Crippen molar-refractivity contribution in [2.24, 2.45) is 0 Å².